The third-order valence-electron chi connectivity index (χ3n) is 3.70. The number of rotatable bonds is 6. The molecule has 3 nitrogen and oxygen atoms in total. The Balaban J connectivity index is 2.23. The van der Waals surface area contributed by atoms with E-state index in [-0.39, 0.29) is 12.1 Å². The zero-order chi connectivity index (χ0) is 15.2. The Morgan fingerprint density at radius 3 is 2.71 bits per heavy atom. The second-order valence-corrected chi connectivity index (χ2v) is 5.78. The highest BCUT2D eigenvalue weighted by Gasteiger charge is 2.23. The summed E-state index contributed by atoms with van der Waals surface area (Å²) in [6, 6.07) is 12.2. The van der Waals surface area contributed by atoms with Gasteiger partial charge in [-0.1, -0.05) is 36.7 Å². The van der Waals surface area contributed by atoms with Crippen LogP contribution in [-0.2, 0) is 6.54 Å². The molecule has 0 bridgehead atoms. The van der Waals surface area contributed by atoms with Crippen LogP contribution in [0.1, 0.15) is 30.5 Å². The van der Waals surface area contributed by atoms with Gasteiger partial charge in [-0.2, -0.15) is 0 Å². The Kier molecular flexibility index (Phi) is 5.74. The maximum Gasteiger partial charge on any atom is 0.0500 e. The van der Waals surface area contributed by atoms with Gasteiger partial charge in [-0.15, -0.1) is 0 Å². The highest BCUT2D eigenvalue weighted by Crippen LogP contribution is 2.27. The highest BCUT2D eigenvalue weighted by molar-refractivity contribution is 6.30. The average Bonchev–Trinajstić information content (AvgIpc) is 2.48. The number of aromatic nitrogens is 1. The minimum Gasteiger partial charge on any atom is -0.326 e. The summed E-state index contributed by atoms with van der Waals surface area (Å²) < 4.78 is 0. The van der Waals surface area contributed by atoms with E-state index in [2.05, 4.69) is 36.0 Å². The van der Waals surface area contributed by atoms with E-state index < -0.39 is 0 Å². The van der Waals surface area contributed by atoms with Crippen LogP contribution in [0.4, 0.5) is 0 Å². The molecule has 2 atom stereocenters. The molecule has 0 amide bonds. The molecule has 0 aliphatic rings. The van der Waals surface area contributed by atoms with Gasteiger partial charge in [0, 0.05) is 36.0 Å². The van der Waals surface area contributed by atoms with E-state index in [0.29, 0.717) is 0 Å². The average molecular weight is 304 g/mol. The maximum atomic E-state index is 6.35. The molecule has 0 spiro atoms. The van der Waals surface area contributed by atoms with Crippen LogP contribution >= 0.6 is 11.6 Å². The molecule has 0 saturated heterocycles. The molecule has 0 radical (unpaired) electrons. The summed E-state index contributed by atoms with van der Waals surface area (Å²) in [4.78, 5) is 6.43. The van der Waals surface area contributed by atoms with E-state index in [4.69, 9.17) is 17.3 Å². The molecule has 1 aromatic carbocycles. The largest absolute Gasteiger partial charge is 0.326 e. The van der Waals surface area contributed by atoms with Gasteiger partial charge in [0.2, 0.25) is 0 Å². The minimum absolute atomic E-state index is 0.0603. The van der Waals surface area contributed by atoms with Crippen LogP contribution in [0.2, 0.25) is 5.02 Å². The molecule has 0 aliphatic heterocycles. The lowest BCUT2D eigenvalue weighted by atomic mass is 9.96. The number of pyridine rings is 1. The number of likely N-dealkylation sites (N-methyl/N-ethyl adjacent to an activating group) is 1. The number of nitrogens with zero attached hydrogens (tertiary/aromatic N) is 2. The van der Waals surface area contributed by atoms with Gasteiger partial charge in [-0.25, -0.2) is 0 Å². The van der Waals surface area contributed by atoms with Gasteiger partial charge in [-0.05, 0) is 42.8 Å². The van der Waals surface area contributed by atoms with Crippen LogP contribution < -0.4 is 5.73 Å². The Morgan fingerprint density at radius 1 is 1.29 bits per heavy atom. The summed E-state index contributed by atoms with van der Waals surface area (Å²) in [5.74, 6) is 0. The first-order chi connectivity index (χ1) is 10.1. The summed E-state index contributed by atoms with van der Waals surface area (Å²) in [6.07, 6.45) is 4.59. The molecule has 0 saturated carbocycles. The van der Waals surface area contributed by atoms with Crippen LogP contribution in [0.15, 0.2) is 48.8 Å². The molecule has 0 aliphatic carbocycles. The SMILES string of the molecule is CCC(N)C(c1cccc(Cl)c1)N(C)Cc1cccnc1. The third-order valence-corrected chi connectivity index (χ3v) is 3.93. The second kappa shape index (κ2) is 7.55. The van der Waals surface area contributed by atoms with Crippen molar-refractivity contribution in [1.29, 1.82) is 0 Å². The molecule has 112 valence electrons. The smallest absolute Gasteiger partial charge is 0.0500 e. The first-order valence-corrected chi connectivity index (χ1v) is 7.59. The Bertz CT molecular complexity index is 559. The third kappa shape index (κ3) is 4.27. The predicted molar refractivity (Wildman–Crippen MR) is 88.2 cm³/mol. The summed E-state index contributed by atoms with van der Waals surface area (Å²) in [7, 11) is 2.09. The molecule has 1 heterocycles. The van der Waals surface area contributed by atoms with E-state index in [9.17, 15) is 0 Å². The second-order valence-electron chi connectivity index (χ2n) is 5.35. The number of nitrogens with two attached hydrogens (primary N) is 1. The Labute approximate surface area is 131 Å². The van der Waals surface area contributed by atoms with Gasteiger partial charge in [0.1, 0.15) is 0 Å². The van der Waals surface area contributed by atoms with Gasteiger partial charge in [0.15, 0.2) is 0 Å². The standard InChI is InChI=1S/C17H22ClN3/c1-3-16(19)17(14-7-4-8-15(18)10-14)21(2)12-13-6-5-9-20-11-13/h4-11,16-17H,3,12,19H2,1-2H3. The van der Waals surface area contributed by atoms with Crippen molar-refractivity contribution in [3.05, 3.63) is 64.9 Å². The van der Waals surface area contributed by atoms with Crippen LogP contribution in [0.25, 0.3) is 0 Å². The predicted octanol–water partition coefficient (Wildman–Crippen LogP) is 3.65. The lowest BCUT2D eigenvalue weighted by molar-refractivity contribution is 0.201. The fraction of sp³-hybridized carbons (Fsp3) is 0.353. The summed E-state index contributed by atoms with van der Waals surface area (Å²) >= 11 is 6.13. The molecule has 0 fully saturated rings. The van der Waals surface area contributed by atoms with E-state index in [1.165, 1.54) is 5.56 Å². The van der Waals surface area contributed by atoms with Crippen molar-refractivity contribution in [2.24, 2.45) is 5.73 Å². The molecule has 21 heavy (non-hydrogen) atoms. The number of hydrogen-bond donors (Lipinski definition) is 1. The number of hydrogen-bond acceptors (Lipinski definition) is 3. The normalized spacial score (nSPS) is 14.1. The molecule has 2 rings (SSSR count). The Morgan fingerprint density at radius 2 is 2.10 bits per heavy atom. The van der Waals surface area contributed by atoms with Gasteiger partial charge in [0.25, 0.3) is 0 Å². The molecular weight excluding hydrogens is 282 g/mol. The first-order valence-electron chi connectivity index (χ1n) is 7.22. The van der Waals surface area contributed by atoms with Crippen molar-refractivity contribution >= 4 is 11.6 Å². The van der Waals surface area contributed by atoms with E-state index in [1.54, 1.807) is 6.20 Å². The van der Waals surface area contributed by atoms with Crippen LogP contribution in [-0.4, -0.2) is 23.0 Å². The van der Waals surface area contributed by atoms with E-state index in [1.807, 2.05) is 30.5 Å². The van der Waals surface area contributed by atoms with Crippen LogP contribution in [0, 0.1) is 0 Å². The summed E-state index contributed by atoms with van der Waals surface area (Å²) in [5.41, 5.74) is 8.69. The van der Waals surface area contributed by atoms with E-state index >= 15 is 0 Å². The first kappa shape index (κ1) is 16.0. The van der Waals surface area contributed by atoms with Crippen molar-refractivity contribution in [2.45, 2.75) is 32.0 Å². The summed E-state index contributed by atoms with van der Waals surface area (Å²) in [6.45, 7) is 2.92. The van der Waals surface area contributed by atoms with Gasteiger partial charge in [0.05, 0.1) is 0 Å². The molecule has 4 heteroatoms. The van der Waals surface area contributed by atoms with Crippen molar-refractivity contribution < 1.29 is 0 Å². The number of halogens is 1. The molecule has 2 aromatic rings. The lowest BCUT2D eigenvalue weighted by Crippen LogP contribution is -2.38. The van der Waals surface area contributed by atoms with E-state index in [0.717, 1.165) is 23.6 Å². The van der Waals surface area contributed by atoms with Gasteiger partial charge in [-0.3, -0.25) is 9.88 Å². The highest BCUT2D eigenvalue weighted by atomic mass is 35.5. The fourth-order valence-corrected chi connectivity index (χ4v) is 2.82. The quantitative estimate of drug-likeness (QED) is 0.886. The maximum absolute atomic E-state index is 6.35. The summed E-state index contributed by atoms with van der Waals surface area (Å²) in [5, 5.41) is 0.746. The monoisotopic (exact) mass is 303 g/mol. The lowest BCUT2D eigenvalue weighted by Gasteiger charge is -2.33. The van der Waals surface area contributed by atoms with Crippen molar-refractivity contribution in [3.63, 3.8) is 0 Å². The zero-order valence-electron chi connectivity index (χ0n) is 12.5. The minimum atomic E-state index is 0.0603. The van der Waals surface area contributed by atoms with Crippen molar-refractivity contribution in [3.8, 4) is 0 Å². The van der Waals surface area contributed by atoms with Gasteiger partial charge >= 0.3 is 0 Å². The zero-order valence-corrected chi connectivity index (χ0v) is 13.3. The Hall–Kier alpha value is -1.42. The molecular formula is C17H22ClN3. The van der Waals surface area contributed by atoms with Crippen molar-refractivity contribution in [1.82, 2.24) is 9.88 Å². The van der Waals surface area contributed by atoms with Crippen LogP contribution in [0.5, 0.6) is 0 Å². The van der Waals surface area contributed by atoms with Gasteiger partial charge < -0.3 is 5.73 Å². The topological polar surface area (TPSA) is 42.1 Å². The molecule has 2 unspecified atom stereocenters. The number of benzene rings is 1. The van der Waals surface area contributed by atoms with Crippen LogP contribution in [0.3, 0.4) is 0 Å². The molecule has 1 aromatic heterocycles. The fourth-order valence-electron chi connectivity index (χ4n) is 2.62. The van der Waals surface area contributed by atoms with Crippen molar-refractivity contribution in [2.75, 3.05) is 7.05 Å². The molecule has 2 N–H and O–H groups in total.